The molecule has 54 valence electrons. The van der Waals surface area contributed by atoms with E-state index in [1.165, 1.54) is 0 Å². The maximum absolute atomic E-state index is 2.12. The summed E-state index contributed by atoms with van der Waals surface area (Å²) in [7, 11) is 8.15. The smallest absolute Gasteiger partial charge is 0.0174 e. The van der Waals surface area contributed by atoms with E-state index in [4.69, 9.17) is 0 Å². The minimum absolute atomic E-state index is 1.01. The normalized spacial score (nSPS) is 11.2. The van der Waals surface area contributed by atoms with Crippen molar-refractivity contribution in [1.82, 2.24) is 9.80 Å². The summed E-state index contributed by atoms with van der Waals surface area (Å²) < 4.78 is 0. The minimum atomic E-state index is 1.01. The summed E-state index contributed by atoms with van der Waals surface area (Å²) in [4.78, 5) is 4.16. The van der Waals surface area contributed by atoms with E-state index < -0.39 is 0 Å². The summed E-state index contributed by atoms with van der Waals surface area (Å²) in [6.07, 6.45) is 4.18. The molecule has 0 heterocycles. The molecule has 0 saturated heterocycles. The Kier molecular flexibility index (Phi) is 4.14. The molecule has 0 aromatic heterocycles. The molecular formula is C7H16N2. The molecule has 0 rings (SSSR count). The van der Waals surface area contributed by atoms with Crippen LogP contribution in [-0.2, 0) is 0 Å². The quantitative estimate of drug-likeness (QED) is 0.550. The topological polar surface area (TPSA) is 6.48 Å². The van der Waals surface area contributed by atoms with Gasteiger partial charge >= 0.3 is 0 Å². The fourth-order valence-corrected chi connectivity index (χ4v) is 0.469. The van der Waals surface area contributed by atoms with Crippen LogP contribution in [0.2, 0.25) is 0 Å². The lowest BCUT2D eigenvalue weighted by molar-refractivity contribution is 0.451. The molecule has 0 amide bonds. The highest BCUT2D eigenvalue weighted by molar-refractivity contribution is 4.80. The Labute approximate surface area is 57.8 Å². The van der Waals surface area contributed by atoms with Crippen molar-refractivity contribution in [3.8, 4) is 0 Å². The highest BCUT2D eigenvalue weighted by Gasteiger charge is 1.80. The van der Waals surface area contributed by atoms with Crippen LogP contribution < -0.4 is 0 Å². The molecule has 0 aliphatic rings. The predicted octanol–water partition coefficient (Wildman–Crippen LogP) is 0.623. The summed E-state index contributed by atoms with van der Waals surface area (Å²) in [6.45, 7) is 1.01. The van der Waals surface area contributed by atoms with Gasteiger partial charge in [-0.05, 0) is 20.3 Å². The molecule has 0 atom stereocenters. The summed E-state index contributed by atoms with van der Waals surface area (Å²) in [6, 6.07) is 0. The largest absolute Gasteiger partial charge is 0.384 e. The Balaban J connectivity index is 3.25. The molecule has 2 heteroatoms. The van der Waals surface area contributed by atoms with Gasteiger partial charge in [-0.15, -0.1) is 0 Å². The fraction of sp³-hybridized carbons (Fsp3) is 0.714. The Morgan fingerprint density at radius 1 is 1.11 bits per heavy atom. The Morgan fingerprint density at radius 3 is 2.00 bits per heavy atom. The van der Waals surface area contributed by atoms with Crippen LogP contribution in [0.5, 0.6) is 0 Å². The predicted molar refractivity (Wildman–Crippen MR) is 41.4 cm³/mol. The molecule has 0 saturated carbocycles. The molecule has 0 aliphatic carbocycles. The van der Waals surface area contributed by atoms with Gasteiger partial charge in [-0.1, -0.05) is 6.08 Å². The van der Waals surface area contributed by atoms with Crippen LogP contribution in [0, 0.1) is 0 Å². The van der Waals surface area contributed by atoms with Crippen molar-refractivity contribution in [2.45, 2.75) is 0 Å². The molecule has 0 unspecified atom stereocenters. The zero-order valence-electron chi connectivity index (χ0n) is 6.76. The maximum Gasteiger partial charge on any atom is 0.0174 e. The second-order valence-electron chi connectivity index (χ2n) is 2.61. The first-order valence-electron chi connectivity index (χ1n) is 3.10. The van der Waals surface area contributed by atoms with Crippen molar-refractivity contribution in [2.75, 3.05) is 34.7 Å². The van der Waals surface area contributed by atoms with E-state index in [2.05, 4.69) is 31.3 Å². The van der Waals surface area contributed by atoms with Crippen LogP contribution in [0.25, 0.3) is 0 Å². The molecule has 0 aromatic carbocycles. The summed E-state index contributed by atoms with van der Waals surface area (Å²) in [5.41, 5.74) is 0. The van der Waals surface area contributed by atoms with Gasteiger partial charge in [0.15, 0.2) is 0 Å². The van der Waals surface area contributed by atoms with Gasteiger partial charge in [-0.2, -0.15) is 0 Å². The van der Waals surface area contributed by atoms with Crippen LogP contribution in [-0.4, -0.2) is 44.5 Å². The van der Waals surface area contributed by atoms with Crippen LogP contribution in [0.15, 0.2) is 12.3 Å². The highest BCUT2D eigenvalue weighted by Crippen LogP contribution is 1.79. The molecule has 9 heavy (non-hydrogen) atoms. The van der Waals surface area contributed by atoms with Gasteiger partial charge in [0.05, 0.1) is 0 Å². The van der Waals surface area contributed by atoms with E-state index in [0.717, 1.165) is 6.54 Å². The van der Waals surface area contributed by atoms with Crippen molar-refractivity contribution in [2.24, 2.45) is 0 Å². The zero-order valence-corrected chi connectivity index (χ0v) is 6.76. The van der Waals surface area contributed by atoms with Gasteiger partial charge < -0.3 is 9.80 Å². The summed E-state index contributed by atoms with van der Waals surface area (Å²) in [5, 5.41) is 0. The van der Waals surface area contributed by atoms with E-state index in [-0.39, 0.29) is 0 Å². The lowest BCUT2D eigenvalue weighted by Crippen LogP contribution is -2.11. The molecular weight excluding hydrogens is 112 g/mol. The molecule has 2 nitrogen and oxygen atoms in total. The number of likely N-dealkylation sites (N-methyl/N-ethyl adjacent to an activating group) is 1. The number of hydrogen-bond donors (Lipinski definition) is 0. The van der Waals surface area contributed by atoms with E-state index in [1.54, 1.807) is 0 Å². The minimum Gasteiger partial charge on any atom is -0.384 e. The van der Waals surface area contributed by atoms with Crippen molar-refractivity contribution in [1.29, 1.82) is 0 Å². The van der Waals surface area contributed by atoms with Gasteiger partial charge in [0.25, 0.3) is 0 Å². The van der Waals surface area contributed by atoms with Crippen molar-refractivity contribution in [3.05, 3.63) is 12.3 Å². The van der Waals surface area contributed by atoms with Crippen LogP contribution in [0.4, 0.5) is 0 Å². The fourth-order valence-electron chi connectivity index (χ4n) is 0.469. The second kappa shape index (κ2) is 4.39. The molecule has 0 bridgehead atoms. The van der Waals surface area contributed by atoms with Gasteiger partial charge in [0, 0.05) is 20.6 Å². The summed E-state index contributed by atoms with van der Waals surface area (Å²) >= 11 is 0. The average molecular weight is 128 g/mol. The maximum atomic E-state index is 2.12. The van der Waals surface area contributed by atoms with Gasteiger partial charge in [-0.25, -0.2) is 0 Å². The average Bonchev–Trinajstić information content (AvgIpc) is 1.63. The third-order valence-electron chi connectivity index (χ3n) is 0.874. The van der Waals surface area contributed by atoms with E-state index in [9.17, 15) is 0 Å². The molecule has 0 fully saturated rings. The number of hydrogen-bond acceptors (Lipinski definition) is 2. The molecule has 0 spiro atoms. The third-order valence-corrected chi connectivity index (χ3v) is 0.874. The second-order valence-corrected chi connectivity index (χ2v) is 2.61. The van der Waals surface area contributed by atoms with Gasteiger partial charge in [0.2, 0.25) is 0 Å². The van der Waals surface area contributed by atoms with E-state index >= 15 is 0 Å². The Hall–Kier alpha value is -0.500. The molecule has 0 aliphatic heterocycles. The third kappa shape index (κ3) is 7.50. The number of nitrogens with zero attached hydrogens (tertiary/aromatic N) is 2. The standard InChI is InChI=1S/C7H16N2/c1-8(2)6-5-7-9(3)4/h5-6H,7H2,1-4H3. The number of rotatable bonds is 3. The van der Waals surface area contributed by atoms with Gasteiger partial charge in [-0.3, -0.25) is 0 Å². The van der Waals surface area contributed by atoms with Gasteiger partial charge in [0.1, 0.15) is 0 Å². The first kappa shape index (κ1) is 8.50. The van der Waals surface area contributed by atoms with Crippen molar-refractivity contribution >= 4 is 0 Å². The van der Waals surface area contributed by atoms with Crippen molar-refractivity contribution < 1.29 is 0 Å². The first-order valence-corrected chi connectivity index (χ1v) is 3.10. The SMILES string of the molecule is CN(C)C=CCN(C)C. The lowest BCUT2D eigenvalue weighted by Gasteiger charge is -2.06. The van der Waals surface area contributed by atoms with Crippen LogP contribution >= 0.6 is 0 Å². The Morgan fingerprint density at radius 2 is 1.67 bits per heavy atom. The van der Waals surface area contributed by atoms with Crippen LogP contribution in [0.3, 0.4) is 0 Å². The molecule has 0 N–H and O–H groups in total. The highest BCUT2D eigenvalue weighted by atomic mass is 15.1. The molecule has 0 radical (unpaired) electrons. The summed E-state index contributed by atoms with van der Waals surface area (Å²) in [5.74, 6) is 0. The zero-order chi connectivity index (χ0) is 7.28. The Bertz CT molecular complexity index is 84.9. The first-order chi connectivity index (χ1) is 4.13. The lowest BCUT2D eigenvalue weighted by atomic mass is 10.5. The van der Waals surface area contributed by atoms with E-state index in [0.29, 0.717) is 0 Å². The van der Waals surface area contributed by atoms with Crippen LogP contribution in [0.1, 0.15) is 0 Å². The monoisotopic (exact) mass is 128 g/mol. The van der Waals surface area contributed by atoms with E-state index in [1.807, 2.05) is 19.0 Å². The van der Waals surface area contributed by atoms with Crippen molar-refractivity contribution in [3.63, 3.8) is 0 Å². The molecule has 0 aromatic rings.